The number of carbonyl (C=O) groups is 2. The van der Waals surface area contributed by atoms with Crippen molar-refractivity contribution in [1.82, 2.24) is 14.7 Å². The first-order valence-electron chi connectivity index (χ1n) is 6.61. The van der Waals surface area contributed by atoms with Gasteiger partial charge in [-0.3, -0.25) is 4.79 Å². The van der Waals surface area contributed by atoms with Gasteiger partial charge in [-0.25, -0.2) is 4.79 Å². The van der Waals surface area contributed by atoms with Crippen molar-refractivity contribution in [1.29, 1.82) is 0 Å². The fourth-order valence-corrected chi connectivity index (χ4v) is 2.33. The molecule has 18 heavy (non-hydrogen) atoms. The molecule has 3 amide bonds. The Labute approximate surface area is 107 Å². The standard InChI is InChI=1S/C12H21N3O3/c1-2-11(16)13-3-5-14(6-4-13)12(17)15-7-9-18-10-8-15/h2-10H2,1H3. The van der Waals surface area contributed by atoms with Crippen LogP contribution in [0.5, 0.6) is 0 Å². The third-order valence-corrected chi connectivity index (χ3v) is 3.49. The molecule has 2 saturated heterocycles. The van der Waals surface area contributed by atoms with Gasteiger partial charge in [-0.2, -0.15) is 0 Å². The molecule has 0 aromatic rings. The number of rotatable bonds is 1. The van der Waals surface area contributed by atoms with Gasteiger partial charge in [-0.15, -0.1) is 0 Å². The molecule has 102 valence electrons. The molecule has 0 N–H and O–H groups in total. The highest BCUT2D eigenvalue weighted by Crippen LogP contribution is 2.08. The first kappa shape index (κ1) is 13.1. The quantitative estimate of drug-likeness (QED) is 0.662. The summed E-state index contributed by atoms with van der Waals surface area (Å²) in [5.41, 5.74) is 0. The van der Waals surface area contributed by atoms with Crippen molar-refractivity contribution in [3.8, 4) is 0 Å². The summed E-state index contributed by atoms with van der Waals surface area (Å²) >= 11 is 0. The van der Waals surface area contributed by atoms with Crippen molar-refractivity contribution in [2.45, 2.75) is 13.3 Å². The molecular formula is C12H21N3O3. The molecule has 0 spiro atoms. The monoisotopic (exact) mass is 255 g/mol. The Kier molecular flexibility index (Phi) is 4.41. The van der Waals surface area contributed by atoms with Crippen LogP contribution in [0.2, 0.25) is 0 Å². The Hall–Kier alpha value is -1.30. The summed E-state index contributed by atoms with van der Waals surface area (Å²) in [5.74, 6) is 0.175. The molecule has 6 nitrogen and oxygen atoms in total. The van der Waals surface area contributed by atoms with Gasteiger partial charge in [0.05, 0.1) is 13.2 Å². The van der Waals surface area contributed by atoms with Gasteiger partial charge in [0.2, 0.25) is 5.91 Å². The number of morpholine rings is 1. The predicted molar refractivity (Wildman–Crippen MR) is 66.2 cm³/mol. The van der Waals surface area contributed by atoms with E-state index in [-0.39, 0.29) is 11.9 Å². The van der Waals surface area contributed by atoms with Crippen LogP contribution in [0.25, 0.3) is 0 Å². The van der Waals surface area contributed by atoms with E-state index >= 15 is 0 Å². The lowest BCUT2D eigenvalue weighted by molar-refractivity contribution is -0.132. The molecule has 6 heteroatoms. The molecule has 2 fully saturated rings. The summed E-state index contributed by atoms with van der Waals surface area (Å²) in [7, 11) is 0. The van der Waals surface area contributed by atoms with Gasteiger partial charge in [0, 0.05) is 45.7 Å². The molecule has 0 aliphatic carbocycles. The van der Waals surface area contributed by atoms with Gasteiger partial charge < -0.3 is 19.4 Å². The van der Waals surface area contributed by atoms with E-state index in [9.17, 15) is 9.59 Å². The van der Waals surface area contributed by atoms with Crippen molar-refractivity contribution in [2.75, 3.05) is 52.5 Å². The number of hydrogen-bond donors (Lipinski definition) is 0. The fraction of sp³-hybridized carbons (Fsp3) is 0.833. The maximum absolute atomic E-state index is 12.2. The van der Waals surface area contributed by atoms with E-state index < -0.39 is 0 Å². The van der Waals surface area contributed by atoms with E-state index in [1.54, 1.807) is 0 Å². The number of carbonyl (C=O) groups excluding carboxylic acids is 2. The van der Waals surface area contributed by atoms with Gasteiger partial charge >= 0.3 is 6.03 Å². The van der Waals surface area contributed by atoms with Crippen molar-refractivity contribution in [3.63, 3.8) is 0 Å². The zero-order valence-corrected chi connectivity index (χ0v) is 10.9. The highest BCUT2D eigenvalue weighted by Gasteiger charge is 2.27. The number of ether oxygens (including phenoxy) is 1. The summed E-state index contributed by atoms with van der Waals surface area (Å²) < 4.78 is 5.23. The summed E-state index contributed by atoms with van der Waals surface area (Å²) in [6.45, 7) is 7.06. The summed E-state index contributed by atoms with van der Waals surface area (Å²) in [6.07, 6.45) is 0.539. The predicted octanol–water partition coefficient (Wildman–Crippen LogP) is -0.00720. The van der Waals surface area contributed by atoms with Crippen molar-refractivity contribution >= 4 is 11.9 Å². The van der Waals surface area contributed by atoms with E-state index in [1.807, 2.05) is 21.6 Å². The smallest absolute Gasteiger partial charge is 0.320 e. The van der Waals surface area contributed by atoms with Crippen LogP contribution in [-0.4, -0.2) is 79.1 Å². The second-order valence-electron chi connectivity index (χ2n) is 4.60. The largest absolute Gasteiger partial charge is 0.378 e. The van der Waals surface area contributed by atoms with E-state index in [0.717, 1.165) is 0 Å². The molecule has 0 unspecified atom stereocenters. The van der Waals surface area contributed by atoms with E-state index in [1.165, 1.54) is 0 Å². The fourth-order valence-electron chi connectivity index (χ4n) is 2.33. The zero-order valence-electron chi connectivity index (χ0n) is 10.9. The third kappa shape index (κ3) is 2.93. The Morgan fingerprint density at radius 2 is 1.39 bits per heavy atom. The number of amides is 3. The first-order chi connectivity index (χ1) is 8.72. The lowest BCUT2D eigenvalue weighted by atomic mass is 10.3. The minimum Gasteiger partial charge on any atom is -0.378 e. The van der Waals surface area contributed by atoms with Crippen molar-refractivity contribution in [3.05, 3.63) is 0 Å². The minimum absolute atomic E-state index is 0.0851. The first-order valence-corrected chi connectivity index (χ1v) is 6.61. The molecule has 2 heterocycles. The van der Waals surface area contributed by atoms with Gasteiger partial charge in [0.15, 0.2) is 0 Å². The molecule has 0 aromatic carbocycles. The molecule has 0 radical (unpaired) electrons. The summed E-state index contributed by atoms with van der Waals surface area (Å²) in [5, 5.41) is 0. The van der Waals surface area contributed by atoms with Crippen LogP contribution < -0.4 is 0 Å². The van der Waals surface area contributed by atoms with Crippen LogP contribution in [0.4, 0.5) is 4.79 Å². The second-order valence-corrected chi connectivity index (χ2v) is 4.60. The third-order valence-electron chi connectivity index (χ3n) is 3.49. The number of hydrogen-bond acceptors (Lipinski definition) is 3. The number of piperazine rings is 1. The Morgan fingerprint density at radius 1 is 0.889 bits per heavy atom. The van der Waals surface area contributed by atoms with Gasteiger partial charge in [-0.1, -0.05) is 6.92 Å². The topological polar surface area (TPSA) is 53.1 Å². The number of nitrogens with zero attached hydrogens (tertiary/aromatic N) is 3. The van der Waals surface area contributed by atoms with Crippen LogP contribution in [0.15, 0.2) is 0 Å². The maximum atomic E-state index is 12.2. The van der Waals surface area contributed by atoms with E-state index in [4.69, 9.17) is 4.74 Å². The molecule has 0 saturated carbocycles. The summed E-state index contributed by atoms with van der Waals surface area (Å²) in [6, 6.07) is 0.0851. The van der Waals surface area contributed by atoms with E-state index in [0.29, 0.717) is 58.9 Å². The minimum atomic E-state index is 0.0851. The van der Waals surface area contributed by atoms with Gasteiger partial charge in [0.1, 0.15) is 0 Å². The van der Waals surface area contributed by atoms with Gasteiger partial charge in [-0.05, 0) is 0 Å². The molecule has 0 bridgehead atoms. The lowest BCUT2D eigenvalue weighted by Gasteiger charge is -2.38. The Bertz CT molecular complexity index is 308. The molecule has 2 aliphatic heterocycles. The highest BCUT2D eigenvalue weighted by molar-refractivity contribution is 5.77. The second kappa shape index (κ2) is 6.04. The zero-order chi connectivity index (χ0) is 13.0. The number of urea groups is 1. The van der Waals surface area contributed by atoms with Crippen LogP contribution in [0, 0.1) is 0 Å². The highest BCUT2D eigenvalue weighted by atomic mass is 16.5. The van der Waals surface area contributed by atoms with Crippen LogP contribution in [0.1, 0.15) is 13.3 Å². The lowest BCUT2D eigenvalue weighted by Crippen LogP contribution is -2.55. The average molecular weight is 255 g/mol. The molecule has 0 aromatic heterocycles. The average Bonchev–Trinajstić information content (AvgIpc) is 2.47. The molecule has 2 aliphatic rings. The molecule has 2 rings (SSSR count). The van der Waals surface area contributed by atoms with Gasteiger partial charge in [0.25, 0.3) is 0 Å². The molecule has 0 atom stereocenters. The molecular weight excluding hydrogens is 234 g/mol. The summed E-state index contributed by atoms with van der Waals surface area (Å²) in [4.78, 5) is 29.2. The maximum Gasteiger partial charge on any atom is 0.320 e. The van der Waals surface area contributed by atoms with Crippen molar-refractivity contribution in [2.24, 2.45) is 0 Å². The Balaban J connectivity index is 1.81. The van der Waals surface area contributed by atoms with E-state index in [2.05, 4.69) is 0 Å². The van der Waals surface area contributed by atoms with Crippen LogP contribution >= 0.6 is 0 Å². The normalized spacial score (nSPS) is 21.1. The van der Waals surface area contributed by atoms with Crippen LogP contribution in [0.3, 0.4) is 0 Å². The van der Waals surface area contributed by atoms with Crippen LogP contribution in [-0.2, 0) is 9.53 Å². The SMILES string of the molecule is CCC(=O)N1CCN(C(=O)N2CCOCC2)CC1. The Morgan fingerprint density at radius 3 is 1.94 bits per heavy atom. The van der Waals surface area contributed by atoms with Crippen molar-refractivity contribution < 1.29 is 14.3 Å².